The summed E-state index contributed by atoms with van der Waals surface area (Å²) in [7, 11) is 4.14. The second kappa shape index (κ2) is 9.50. The molecule has 0 spiro atoms. The van der Waals surface area contributed by atoms with E-state index >= 15 is 0 Å². The van der Waals surface area contributed by atoms with E-state index < -0.39 is 0 Å². The third-order valence-electron chi connectivity index (χ3n) is 3.87. The molecule has 123 valence electrons. The number of hydrogen-bond donors (Lipinski definition) is 0. The molecule has 21 heavy (non-hydrogen) atoms. The Balaban J connectivity index is 0.00000220. The number of hydrogen-bond acceptors (Lipinski definition) is 5. The molecule has 0 unspecified atom stereocenters. The first-order valence-corrected chi connectivity index (χ1v) is 8.05. The van der Waals surface area contributed by atoms with E-state index in [1.807, 2.05) is 0 Å². The van der Waals surface area contributed by atoms with Gasteiger partial charge in [-0.15, -0.1) is 0 Å². The number of anilines is 1. The van der Waals surface area contributed by atoms with Crippen molar-refractivity contribution in [1.82, 2.24) is 9.80 Å². The molecular formula is C15H23AuN3S2-2. The summed E-state index contributed by atoms with van der Waals surface area (Å²) in [4.78, 5) is 6.83. The molecule has 6 heteroatoms. The van der Waals surface area contributed by atoms with Gasteiger partial charge in [-0.1, -0.05) is 12.1 Å². The minimum absolute atomic E-state index is 0. The predicted molar refractivity (Wildman–Crippen MR) is 91.0 cm³/mol. The fourth-order valence-electron chi connectivity index (χ4n) is 2.45. The fraction of sp³-hybridized carbons (Fsp3) is 0.600. The van der Waals surface area contributed by atoms with Crippen molar-refractivity contribution in [3.63, 3.8) is 0 Å². The van der Waals surface area contributed by atoms with E-state index in [0.29, 0.717) is 0 Å². The Morgan fingerprint density at radius 3 is 2.10 bits per heavy atom. The quantitative estimate of drug-likeness (QED) is 0.439. The van der Waals surface area contributed by atoms with Gasteiger partial charge in [0.1, 0.15) is 0 Å². The molecule has 0 bridgehead atoms. The maximum atomic E-state index is 5.13. The Kier molecular flexibility index (Phi) is 8.79. The van der Waals surface area contributed by atoms with Crippen molar-refractivity contribution in [2.45, 2.75) is 11.1 Å². The summed E-state index contributed by atoms with van der Waals surface area (Å²) in [5.74, 6) is 0. The summed E-state index contributed by atoms with van der Waals surface area (Å²) in [6, 6.07) is 8.83. The first kappa shape index (κ1) is 19.4. The number of nitrogens with zero attached hydrogens (tertiary/aromatic N) is 3. The van der Waals surface area contributed by atoms with E-state index in [9.17, 15) is 0 Å². The normalized spacial score (nSPS) is 16.8. The van der Waals surface area contributed by atoms with Crippen LogP contribution in [0.3, 0.4) is 0 Å². The Labute approximate surface area is 155 Å². The zero-order chi connectivity index (χ0) is 14.5. The average Bonchev–Trinajstić information content (AvgIpc) is 2.46. The molecule has 0 aliphatic carbocycles. The molecule has 1 aliphatic heterocycles. The minimum atomic E-state index is -0.143. The van der Waals surface area contributed by atoms with Gasteiger partial charge in [-0.2, -0.15) is 0 Å². The molecule has 3 nitrogen and oxygen atoms in total. The Bertz CT molecular complexity index is 404. The Morgan fingerprint density at radius 2 is 1.62 bits per heavy atom. The largest absolute Gasteiger partial charge is 0.800 e. The van der Waals surface area contributed by atoms with Crippen LogP contribution in [0.4, 0.5) is 5.69 Å². The summed E-state index contributed by atoms with van der Waals surface area (Å²) in [6.07, 6.45) is 1.11. The molecular weight excluding hydrogens is 483 g/mol. The van der Waals surface area contributed by atoms with Crippen LogP contribution < -0.4 is 4.90 Å². The van der Waals surface area contributed by atoms with Crippen molar-refractivity contribution < 1.29 is 22.4 Å². The summed E-state index contributed by atoms with van der Waals surface area (Å²) in [5.41, 5.74) is 2.66. The smallest absolute Gasteiger partial charge is 0.0361 e. The molecule has 2 rings (SSSR count). The minimum Gasteiger partial charge on any atom is -0.800 e. The maximum absolute atomic E-state index is 5.13. The van der Waals surface area contributed by atoms with Crippen LogP contribution in [0.2, 0.25) is 0 Å². The first-order valence-electron chi connectivity index (χ1n) is 7.10. The molecule has 0 atom stereocenters. The van der Waals surface area contributed by atoms with Gasteiger partial charge in [0.2, 0.25) is 0 Å². The van der Waals surface area contributed by atoms with Crippen molar-refractivity contribution in [2.24, 2.45) is 0 Å². The number of benzene rings is 1. The molecule has 1 fully saturated rings. The molecule has 0 saturated carbocycles. The molecule has 1 heterocycles. The van der Waals surface area contributed by atoms with E-state index in [0.717, 1.165) is 39.1 Å². The Morgan fingerprint density at radius 1 is 1.05 bits per heavy atom. The van der Waals surface area contributed by atoms with Crippen LogP contribution in [0.25, 0.3) is 0 Å². The summed E-state index contributed by atoms with van der Waals surface area (Å²) < 4.78 is -0.143. The van der Waals surface area contributed by atoms with Gasteiger partial charge in [0.15, 0.2) is 0 Å². The van der Waals surface area contributed by atoms with E-state index in [-0.39, 0.29) is 27.1 Å². The second-order valence-electron chi connectivity index (χ2n) is 5.50. The van der Waals surface area contributed by atoms with Gasteiger partial charge in [0.25, 0.3) is 0 Å². The molecule has 0 amide bonds. The van der Waals surface area contributed by atoms with E-state index in [1.165, 1.54) is 11.3 Å². The van der Waals surface area contributed by atoms with Crippen LogP contribution in [-0.4, -0.2) is 61.3 Å². The molecule has 0 aromatic heterocycles. The number of piperazine rings is 1. The van der Waals surface area contributed by atoms with Gasteiger partial charge < -0.3 is 40.0 Å². The van der Waals surface area contributed by atoms with Crippen LogP contribution in [-0.2, 0) is 54.1 Å². The molecule has 1 radical (unpaired) electrons. The van der Waals surface area contributed by atoms with Crippen molar-refractivity contribution in [3.8, 4) is 0 Å². The second-order valence-corrected chi connectivity index (χ2v) is 6.69. The van der Waals surface area contributed by atoms with Gasteiger partial charge in [0, 0.05) is 74.9 Å². The van der Waals surface area contributed by atoms with Crippen molar-refractivity contribution in [1.29, 1.82) is 0 Å². The van der Waals surface area contributed by atoms with Gasteiger partial charge >= 0.3 is 0 Å². The number of rotatable bonds is 5. The van der Waals surface area contributed by atoms with Crippen LogP contribution in [0.5, 0.6) is 0 Å². The summed E-state index contributed by atoms with van der Waals surface area (Å²) in [5, 5.41) is 0. The van der Waals surface area contributed by atoms with Crippen LogP contribution >= 0.6 is 0 Å². The monoisotopic (exact) mass is 506 g/mol. The summed E-state index contributed by atoms with van der Waals surface area (Å²) >= 11 is 10.3. The SMILES string of the molecule is CN(C)c1ccc(CCN2CCN(C([S-])[S-])CC2)cc1.[Au]. The predicted octanol–water partition coefficient (Wildman–Crippen LogP) is 1.29. The van der Waals surface area contributed by atoms with Crippen molar-refractivity contribution in [3.05, 3.63) is 29.8 Å². The molecule has 1 aliphatic rings. The van der Waals surface area contributed by atoms with Gasteiger partial charge in [0.05, 0.1) is 0 Å². The van der Waals surface area contributed by atoms with Crippen molar-refractivity contribution in [2.75, 3.05) is 51.7 Å². The maximum Gasteiger partial charge on any atom is 0.0361 e. The molecule has 1 saturated heterocycles. The van der Waals surface area contributed by atoms with E-state index in [1.54, 1.807) is 0 Å². The average molecular weight is 506 g/mol. The topological polar surface area (TPSA) is 9.72 Å². The molecule has 1 aromatic rings. The van der Waals surface area contributed by atoms with Crippen LogP contribution in [0.1, 0.15) is 5.56 Å². The van der Waals surface area contributed by atoms with E-state index in [2.05, 4.69) is 53.1 Å². The van der Waals surface area contributed by atoms with E-state index in [4.69, 9.17) is 25.3 Å². The third kappa shape index (κ3) is 6.18. The van der Waals surface area contributed by atoms with Gasteiger partial charge in [-0.25, -0.2) is 4.71 Å². The van der Waals surface area contributed by atoms with Crippen molar-refractivity contribution >= 4 is 30.9 Å². The standard InChI is InChI=1S/C15H25N3S2.Au/c1-16(2)14-5-3-13(4-6-14)7-8-17-9-11-18(12-10-17)15(19)20;/h3-6,15,19-20H,7-12H2,1-2H3;/p-2. The van der Waals surface area contributed by atoms with Crippen LogP contribution in [0, 0.1) is 0 Å². The third-order valence-corrected chi connectivity index (χ3v) is 4.47. The molecule has 0 N–H and O–H groups in total. The molecule has 1 aromatic carbocycles. The van der Waals surface area contributed by atoms with Crippen LogP contribution in [0.15, 0.2) is 24.3 Å². The fourth-order valence-corrected chi connectivity index (χ4v) is 2.87. The summed E-state index contributed by atoms with van der Waals surface area (Å²) in [6.45, 7) is 5.31. The zero-order valence-corrected chi connectivity index (χ0v) is 16.4. The van der Waals surface area contributed by atoms with Gasteiger partial charge in [-0.3, -0.25) is 0 Å². The van der Waals surface area contributed by atoms with Gasteiger partial charge in [-0.05, 0) is 24.1 Å². The Hall–Kier alpha value is 0.380. The first-order chi connectivity index (χ1) is 9.56. The zero-order valence-electron chi connectivity index (χ0n) is 12.6.